The first-order chi connectivity index (χ1) is 15.9. The van der Waals surface area contributed by atoms with E-state index in [1.54, 1.807) is 31.4 Å². The van der Waals surface area contributed by atoms with Crippen LogP contribution < -0.4 is 20.7 Å². The van der Waals surface area contributed by atoms with Gasteiger partial charge < -0.3 is 20.7 Å². The molecule has 0 radical (unpaired) electrons. The van der Waals surface area contributed by atoms with Crippen molar-refractivity contribution in [3.05, 3.63) is 82.7 Å². The second-order valence-electron chi connectivity index (χ2n) is 6.77. The number of hydrogen-bond donors (Lipinski definition) is 3. The maximum absolute atomic E-state index is 12.4. The standard InChI is InChI=1S/C22H21ClN6O4/c1-33-16-4-2-3-14(7-16)11-26-21(31)17-9-18(29-13-28-17)22(32)27-12-20(30)25-10-15-5-6-24-19(23)8-15/h2-9,13H,10-12H2,1H3,(H,25,30)(H,26,31)(H,27,32). The zero-order valence-electron chi connectivity index (χ0n) is 17.7. The zero-order chi connectivity index (χ0) is 23.6. The molecule has 3 aromatic rings. The number of halogens is 1. The summed E-state index contributed by atoms with van der Waals surface area (Å²) in [7, 11) is 1.56. The third kappa shape index (κ3) is 7.25. The average Bonchev–Trinajstić information content (AvgIpc) is 2.84. The van der Waals surface area contributed by atoms with Crippen LogP contribution in [0.3, 0.4) is 0 Å². The summed E-state index contributed by atoms with van der Waals surface area (Å²) in [5.74, 6) is -0.803. The van der Waals surface area contributed by atoms with E-state index in [9.17, 15) is 14.4 Å². The summed E-state index contributed by atoms with van der Waals surface area (Å²) in [5, 5.41) is 8.16. The number of nitrogens with zero attached hydrogens (tertiary/aromatic N) is 3. The first-order valence-corrected chi connectivity index (χ1v) is 10.2. The molecule has 33 heavy (non-hydrogen) atoms. The van der Waals surface area contributed by atoms with E-state index in [4.69, 9.17) is 16.3 Å². The molecule has 10 nitrogen and oxygen atoms in total. The summed E-state index contributed by atoms with van der Waals surface area (Å²) in [6, 6.07) is 11.9. The van der Waals surface area contributed by atoms with E-state index in [1.165, 1.54) is 12.3 Å². The topological polar surface area (TPSA) is 135 Å². The lowest BCUT2D eigenvalue weighted by Crippen LogP contribution is -2.37. The summed E-state index contributed by atoms with van der Waals surface area (Å²) in [6.45, 7) is 0.228. The molecule has 0 bridgehead atoms. The number of aromatic nitrogens is 3. The highest BCUT2D eigenvalue weighted by Gasteiger charge is 2.14. The molecule has 0 spiro atoms. The van der Waals surface area contributed by atoms with Crippen LogP contribution in [-0.2, 0) is 17.9 Å². The molecule has 3 N–H and O–H groups in total. The highest BCUT2D eigenvalue weighted by Crippen LogP contribution is 2.12. The van der Waals surface area contributed by atoms with Gasteiger partial charge in [-0.2, -0.15) is 0 Å². The smallest absolute Gasteiger partial charge is 0.270 e. The van der Waals surface area contributed by atoms with E-state index in [0.29, 0.717) is 10.9 Å². The fourth-order valence-corrected chi connectivity index (χ4v) is 2.92. The number of benzene rings is 1. The van der Waals surface area contributed by atoms with E-state index in [1.807, 2.05) is 12.1 Å². The number of hydrogen-bond acceptors (Lipinski definition) is 7. The summed E-state index contributed by atoms with van der Waals surface area (Å²) < 4.78 is 5.16. The maximum atomic E-state index is 12.4. The lowest BCUT2D eigenvalue weighted by atomic mass is 10.2. The second-order valence-corrected chi connectivity index (χ2v) is 7.16. The minimum Gasteiger partial charge on any atom is -0.497 e. The third-order valence-electron chi connectivity index (χ3n) is 4.41. The van der Waals surface area contributed by atoms with Gasteiger partial charge in [-0.25, -0.2) is 15.0 Å². The van der Waals surface area contributed by atoms with Gasteiger partial charge in [-0.05, 0) is 35.4 Å². The van der Waals surface area contributed by atoms with Crippen molar-refractivity contribution in [1.82, 2.24) is 30.9 Å². The lowest BCUT2D eigenvalue weighted by molar-refractivity contribution is -0.120. The first kappa shape index (κ1) is 23.6. The summed E-state index contributed by atoms with van der Waals surface area (Å²) >= 11 is 5.80. The Kier molecular flexibility index (Phi) is 8.25. The van der Waals surface area contributed by atoms with Gasteiger partial charge in [-0.1, -0.05) is 23.7 Å². The number of nitrogens with one attached hydrogen (secondary N) is 3. The van der Waals surface area contributed by atoms with Crippen molar-refractivity contribution < 1.29 is 19.1 Å². The number of ether oxygens (including phenoxy) is 1. The van der Waals surface area contributed by atoms with Gasteiger partial charge in [0.05, 0.1) is 13.7 Å². The van der Waals surface area contributed by atoms with E-state index in [-0.39, 0.29) is 31.0 Å². The SMILES string of the molecule is COc1cccc(CNC(=O)c2cc(C(=O)NCC(=O)NCc3ccnc(Cl)c3)ncn2)c1. The molecule has 11 heteroatoms. The molecule has 0 saturated heterocycles. The van der Waals surface area contributed by atoms with Gasteiger partial charge in [0, 0.05) is 25.4 Å². The number of amides is 3. The number of rotatable bonds is 9. The van der Waals surface area contributed by atoms with E-state index in [2.05, 4.69) is 30.9 Å². The molecule has 3 amide bonds. The summed E-state index contributed by atoms with van der Waals surface area (Å²) in [4.78, 5) is 48.4. The highest BCUT2D eigenvalue weighted by atomic mass is 35.5. The van der Waals surface area contributed by atoms with Gasteiger partial charge in [0.1, 0.15) is 28.6 Å². The number of carbonyl (C=O) groups excluding carboxylic acids is 3. The largest absolute Gasteiger partial charge is 0.497 e. The predicted molar refractivity (Wildman–Crippen MR) is 120 cm³/mol. The minimum absolute atomic E-state index is 0.0251. The van der Waals surface area contributed by atoms with Crippen molar-refractivity contribution in [3.63, 3.8) is 0 Å². The van der Waals surface area contributed by atoms with Crippen molar-refractivity contribution in [2.45, 2.75) is 13.1 Å². The van der Waals surface area contributed by atoms with Crippen molar-refractivity contribution in [2.75, 3.05) is 13.7 Å². The number of carbonyl (C=O) groups is 3. The molecule has 0 atom stereocenters. The monoisotopic (exact) mass is 468 g/mol. The Balaban J connectivity index is 1.49. The van der Waals surface area contributed by atoms with Crippen LogP contribution in [0, 0.1) is 0 Å². The van der Waals surface area contributed by atoms with Crippen LogP contribution in [0.25, 0.3) is 0 Å². The van der Waals surface area contributed by atoms with Crippen LogP contribution in [0.1, 0.15) is 32.1 Å². The van der Waals surface area contributed by atoms with Gasteiger partial charge in [-0.3, -0.25) is 14.4 Å². The van der Waals surface area contributed by atoms with Gasteiger partial charge in [0.25, 0.3) is 11.8 Å². The molecule has 0 aliphatic heterocycles. The molecule has 2 aromatic heterocycles. The molecule has 2 heterocycles. The van der Waals surface area contributed by atoms with Gasteiger partial charge in [0.2, 0.25) is 5.91 Å². The molecule has 0 aliphatic carbocycles. The van der Waals surface area contributed by atoms with Crippen LogP contribution in [0.5, 0.6) is 5.75 Å². The van der Waals surface area contributed by atoms with Crippen molar-refractivity contribution in [3.8, 4) is 5.75 Å². The van der Waals surface area contributed by atoms with Crippen LogP contribution in [0.2, 0.25) is 5.15 Å². The lowest BCUT2D eigenvalue weighted by Gasteiger charge is -2.08. The fraction of sp³-hybridized carbons (Fsp3) is 0.182. The van der Waals surface area contributed by atoms with Gasteiger partial charge in [-0.15, -0.1) is 0 Å². The molecule has 170 valence electrons. The van der Waals surface area contributed by atoms with Crippen molar-refractivity contribution >= 4 is 29.3 Å². The normalized spacial score (nSPS) is 10.2. The summed E-state index contributed by atoms with van der Waals surface area (Å²) in [6.07, 6.45) is 2.65. The Labute approximate surface area is 194 Å². The van der Waals surface area contributed by atoms with Crippen LogP contribution in [0.4, 0.5) is 0 Å². The van der Waals surface area contributed by atoms with Gasteiger partial charge in [0.15, 0.2) is 0 Å². The molecule has 0 fully saturated rings. The molecular weight excluding hydrogens is 448 g/mol. The number of pyridine rings is 1. The Morgan fingerprint density at radius 2 is 1.58 bits per heavy atom. The molecule has 0 aliphatic rings. The summed E-state index contributed by atoms with van der Waals surface area (Å²) in [5.41, 5.74) is 1.60. The molecule has 0 saturated carbocycles. The van der Waals surface area contributed by atoms with E-state index >= 15 is 0 Å². The number of methoxy groups -OCH3 is 1. The van der Waals surface area contributed by atoms with Gasteiger partial charge >= 0.3 is 0 Å². The van der Waals surface area contributed by atoms with Crippen LogP contribution >= 0.6 is 11.6 Å². The predicted octanol–water partition coefficient (Wildman–Crippen LogP) is 1.51. The Bertz CT molecular complexity index is 1160. The highest BCUT2D eigenvalue weighted by molar-refractivity contribution is 6.29. The molecular formula is C22H21ClN6O4. The van der Waals surface area contributed by atoms with E-state index in [0.717, 1.165) is 17.5 Å². The van der Waals surface area contributed by atoms with Crippen LogP contribution in [-0.4, -0.2) is 46.3 Å². The quantitative estimate of drug-likeness (QED) is 0.405. The maximum Gasteiger partial charge on any atom is 0.270 e. The third-order valence-corrected chi connectivity index (χ3v) is 4.62. The van der Waals surface area contributed by atoms with Crippen molar-refractivity contribution in [1.29, 1.82) is 0 Å². The Hall–Kier alpha value is -4.05. The molecule has 0 unspecified atom stereocenters. The van der Waals surface area contributed by atoms with Crippen molar-refractivity contribution in [2.24, 2.45) is 0 Å². The minimum atomic E-state index is -0.610. The zero-order valence-corrected chi connectivity index (χ0v) is 18.4. The van der Waals surface area contributed by atoms with E-state index < -0.39 is 17.7 Å². The molecule has 1 aromatic carbocycles. The fourth-order valence-electron chi connectivity index (χ4n) is 2.73. The average molecular weight is 469 g/mol. The Morgan fingerprint density at radius 1 is 0.879 bits per heavy atom. The van der Waals surface area contributed by atoms with Crippen LogP contribution in [0.15, 0.2) is 55.0 Å². The molecule has 3 rings (SSSR count). The second kappa shape index (κ2) is 11.5. The first-order valence-electron chi connectivity index (χ1n) is 9.83. The Morgan fingerprint density at radius 3 is 2.30 bits per heavy atom.